The molecular weight excluding hydrogens is 138 g/mol. The van der Waals surface area contributed by atoms with E-state index in [0.717, 1.165) is 11.3 Å². The zero-order chi connectivity index (χ0) is 8.10. The van der Waals surface area contributed by atoms with Crippen LogP contribution in [-0.2, 0) is 0 Å². The molecule has 0 aliphatic carbocycles. The van der Waals surface area contributed by atoms with E-state index in [0.29, 0.717) is 6.61 Å². The number of hydrogen-bond acceptors (Lipinski definition) is 2. The lowest BCUT2D eigenvalue weighted by Gasteiger charge is -2.04. The highest BCUT2D eigenvalue weighted by Gasteiger charge is 1.96. The van der Waals surface area contributed by atoms with Crippen LogP contribution in [0.1, 0.15) is 12.5 Å². The first kappa shape index (κ1) is 7.79. The third-order valence-electron chi connectivity index (χ3n) is 1.37. The third kappa shape index (κ3) is 1.80. The average molecular weight is 149 g/mol. The maximum absolute atomic E-state index is 7.06. The smallest absolute Gasteiger partial charge is 0.128 e. The van der Waals surface area contributed by atoms with Gasteiger partial charge in [-0.15, -0.1) is 0 Å². The van der Waals surface area contributed by atoms with Gasteiger partial charge in [0.15, 0.2) is 0 Å². The van der Waals surface area contributed by atoms with Crippen LogP contribution < -0.4 is 4.74 Å². The van der Waals surface area contributed by atoms with Crippen LogP contribution in [0.3, 0.4) is 0 Å². The molecule has 2 heteroatoms. The summed E-state index contributed by atoms with van der Waals surface area (Å²) in [6.07, 6.45) is 1.30. The highest BCUT2D eigenvalue weighted by Crippen LogP contribution is 2.14. The SMILES string of the molecule is CCOc1ccccc1C=N. The molecule has 11 heavy (non-hydrogen) atoms. The first-order valence-electron chi connectivity index (χ1n) is 3.60. The molecule has 0 heterocycles. The van der Waals surface area contributed by atoms with E-state index < -0.39 is 0 Å². The molecule has 0 bridgehead atoms. The second kappa shape index (κ2) is 3.76. The van der Waals surface area contributed by atoms with Crippen LogP contribution in [0, 0.1) is 5.41 Å². The van der Waals surface area contributed by atoms with Crippen LogP contribution in [0.4, 0.5) is 0 Å². The van der Waals surface area contributed by atoms with Gasteiger partial charge in [-0.1, -0.05) is 12.1 Å². The lowest BCUT2D eigenvalue weighted by molar-refractivity contribution is 0.340. The molecule has 1 aromatic rings. The molecule has 0 saturated heterocycles. The summed E-state index contributed by atoms with van der Waals surface area (Å²) < 4.78 is 5.28. The summed E-state index contributed by atoms with van der Waals surface area (Å²) in [4.78, 5) is 0. The van der Waals surface area contributed by atoms with Gasteiger partial charge in [-0.3, -0.25) is 0 Å². The first-order chi connectivity index (χ1) is 5.38. The molecule has 1 rings (SSSR count). The topological polar surface area (TPSA) is 33.1 Å². The summed E-state index contributed by atoms with van der Waals surface area (Å²) in [6.45, 7) is 2.57. The third-order valence-corrected chi connectivity index (χ3v) is 1.37. The second-order valence-electron chi connectivity index (χ2n) is 2.12. The molecule has 0 atom stereocenters. The predicted molar refractivity (Wildman–Crippen MR) is 45.5 cm³/mol. The largest absolute Gasteiger partial charge is 0.493 e. The van der Waals surface area contributed by atoms with Crippen LogP contribution in [0.15, 0.2) is 24.3 Å². The van der Waals surface area contributed by atoms with Gasteiger partial charge in [0.2, 0.25) is 0 Å². The standard InChI is InChI=1S/C9H11NO/c1-2-11-9-6-4-3-5-8(9)7-10/h3-7,10H,2H2,1H3. The fourth-order valence-electron chi connectivity index (χ4n) is 0.887. The van der Waals surface area contributed by atoms with Crippen molar-refractivity contribution in [2.24, 2.45) is 0 Å². The van der Waals surface area contributed by atoms with Crippen LogP contribution in [0.5, 0.6) is 5.75 Å². The van der Waals surface area contributed by atoms with Crippen molar-refractivity contribution in [3.63, 3.8) is 0 Å². The van der Waals surface area contributed by atoms with Crippen molar-refractivity contribution >= 4 is 6.21 Å². The van der Waals surface area contributed by atoms with Crippen LogP contribution >= 0.6 is 0 Å². The van der Waals surface area contributed by atoms with E-state index >= 15 is 0 Å². The molecule has 58 valence electrons. The Morgan fingerprint density at radius 3 is 2.82 bits per heavy atom. The zero-order valence-corrected chi connectivity index (χ0v) is 6.50. The Kier molecular flexibility index (Phi) is 2.66. The lowest BCUT2D eigenvalue weighted by atomic mass is 10.2. The average Bonchev–Trinajstić information content (AvgIpc) is 2.06. The molecule has 0 unspecified atom stereocenters. The number of nitrogens with one attached hydrogen (secondary N) is 1. The first-order valence-corrected chi connectivity index (χ1v) is 3.60. The highest BCUT2D eigenvalue weighted by atomic mass is 16.5. The van der Waals surface area contributed by atoms with Gasteiger partial charge in [0.1, 0.15) is 5.75 Å². The van der Waals surface area contributed by atoms with Crippen LogP contribution in [0.2, 0.25) is 0 Å². The Balaban J connectivity index is 2.92. The summed E-state index contributed by atoms with van der Waals surface area (Å²) in [5, 5.41) is 7.06. The number of ether oxygens (including phenoxy) is 1. The van der Waals surface area contributed by atoms with Crippen LogP contribution in [-0.4, -0.2) is 12.8 Å². The van der Waals surface area contributed by atoms with Gasteiger partial charge in [-0.05, 0) is 19.1 Å². The van der Waals surface area contributed by atoms with Crippen LogP contribution in [0.25, 0.3) is 0 Å². The summed E-state index contributed by atoms with van der Waals surface area (Å²) in [6, 6.07) is 7.52. The van der Waals surface area contributed by atoms with Gasteiger partial charge in [0.05, 0.1) is 6.61 Å². The van der Waals surface area contributed by atoms with E-state index in [2.05, 4.69) is 0 Å². The molecule has 0 spiro atoms. The molecule has 0 amide bonds. The van der Waals surface area contributed by atoms with E-state index in [9.17, 15) is 0 Å². The van der Waals surface area contributed by atoms with Gasteiger partial charge in [0, 0.05) is 11.8 Å². The van der Waals surface area contributed by atoms with Crippen molar-refractivity contribution in [2.75, 3.05) is 6.61 Å². The minimum absolute atomic E-state index is 0.644. The molecular formula is C9H11NO. The summed E-state index contributed by atoms with van der Waals surface area (Å²) in [5.74, 6) is 0.782. The van der Waals surface area contributed by atoms with E-state index in [1.165, 1.54) is 6.21 Å². The fourth-order valence-corrected chi connectivity index (χ4v) is 0.887. The Bertz CT molecular complexity index is 245. The van der Waals surface area contributed by atoms with E-state index in [-0.39, 0.29) is 0 Å². The zero-order valence-electron chi connectivity index (χ0n) is 6.50. The van der Waals surface area contributed by atoms with E-state index in [4.69, 9.17) is 10.1 Å². The summed E-state index contributed by atoms with van der Waals surface area (Å²) in [5.41, 5.74) is 0.828. The minimum atomic E-state index is 0.644. The van der Waals surface area contributed by atoms with Crippen molar-refractivity contribution in [3.05, 3.63) is 29.8 Å². The van der Waals surface area contributed by atoms with Crippen molar-refractivity contribution in [1.29, 1.82) is 5.41 Å². The summed E-state index contributed by atoms with van der Waals surface area (Å²) >= 11 is 0. The monoisotopic (exact) mass is 149 g/mol. The number of rotatable bonds is 3. The molecule has 0 saturated carbocycles. The normalized spacial score (nSPS) is 9.18. The molecule has 1 N–H and O–H groups in total. The molecule has 0 aliphatic rings. The Morgan fingerprint density at radius 1 is 1.45 bits per heavy atom. The lowest BCUT2D eigenvalue weighted by Crippen LogP contribution is -1.94. The minimum Gasteiger partial charge on any atom is -0.493 e. The highest BCUT2D eigenvalue weighted by molar-refractivity contribution is 5.80. The van der Waals surface area contributed by atoms with Crippen molar-refractivity contribution in [3.8, 4) is 5.75 Å². The second-order valence-corrected chi connectivity index (χ2v) is 2.12. The van der Waals surface area contributed by atoms with Gasteiger partial charge < -0.3 is 10.1 Å². The van der Waals surface area contributed by atoms with E-state index in [1.807, 2.05) is 31.2 Å². The van der Waals surface area contributed by atoms with Gasteiger partial charge in [-0.2, -0.15) is 0 Å². The van der Waals surface area contributed by atoms with Gasteiger partial charge >= 0.3 is 0 Å². The number of hydrogen-bond donors (Lipinski definition) is 1. The number of para-hydroxylation sites is 1. The quantitative estimate of drug-likeness (QED) is 0.656. The Morgan fingerprint density at radius 2 is 2.18 bits per heavy atom. The molecule has 2 nitrogen and oxygen atoms in total. The maximum atomic E-state index is 7.06. The molecule has 1 aromatic carbocycles. The predicted octanol–water partition coefficient (Wildman–Crippen LogP) is 2.08. The molecule has 0 aromatic heterocycles. The van der Waals surface area contributed by atoms with Crippen molar-refractivity contribution in [2.45, 2.75) is 6.92 Å². The Hall–Kier alpha value is -1.31. The van der Waals surface area contributed by atoms with Crippen molar-refractivity contribution < 1.29 is 4.74 Å². The van der Waals surface area contributed by atoms with Crippen molar-refractivity contribution in [1.82, 2.24) is 0 Å². The Labute approximate surface area is 66.3 Å². The molecule has 0 aliphatic heterocycles. The fraction of sp³-hybridized carbons (Fsp3) is 0.222. The van der Waals surface area contributed by atoms with Gasteiger partial charge in [0.25, 0.3) is 0 Å². The maximum Gasteiger partial charge on any atom is 0.128 e. The van der Waals surface area contributed by atoms with Gasteiger partial charge in [-0.25, -0.2) is 0 Å². The van der Waals surface area contributed by atoms with E-state index in [1.54, 1.807) is 0 Å². The summed E-state index contributed by atoms with van der Waals surface area (Å²) in [7, 11) is 0. The number of benzene rings is 1. The molecule has 0 fully saturated rings. The molecule has 0 radical (unpaired) electrons.